The minimum absolute atomic E-state index is 0.687. The number of rotatable bonds is 1. The van der Waals surface area contributed by atoms with Crippen LogP contribution in [0.15, 0.2) is 29.2 Å². The molecule has 1 aromatic carbocycles. The summed E-state index contributed by atoms with van der Waals surface area (Å²) in [4.78, 5) is 0.917. The van der Waals surface area contributed by atoms with Crippen LogP contribution < -0.4 is 0 Å². The average Bonchev–Trinajstić information content (AvgIpc) is 2.53. The smallest absolute Gasteiger partial charge is 0.176 e. The number of hydrogen-bond acceptors (Lipinski definition) is 4. The van der Waals surface area contributed by atoms with Crippen molar-refractivity contribution in [1.82, 2.24) is 10.2 Å². The van der Waals surface area contributed by atoms with E-state index in [-0.39, 0.29) is 0 Å². The Morgan fingerprint density at radius 2 is 2.15 bits per heavy atom. The maximum Gasteiger partial charge on any atom is 0.176 e. The Morgan fingerprint density at radius 3 is 2.77 bits per heavy atom. The number of hydrogen-bond donors (Lipinski definition) is 2. The van der Waals surface area contributed by atoms with Crippen LogP contribution in [0, 0.1) is 3.95 Å². The molecule has 0 saturated heterocycles. The first kappa shape index (κ1) is 8.93. The molecule has 0 aliphatic heterocycles. The number of thiol groups is 1. The Hall–Kier alpha value is -0.650. The highest BCUT2D eigenvalue weighted by Gasteiger charge is 2.04. The molecule has 2 rings (SSSR count). The van der Waals surface area contributed by atoms with E-state index in [1.807, 2.05) is 24.3 Å². The summed E-state index contributed by atoms with van der Waals surface area (Å²) < 4.78 is 0.687. The van der Waals surface area contributed by atoms with Gasteiger partial charge < -0.3 is 0 Å². The van der Waals surface area contributed by atoms with Crippen molar-refractivity contribution in [3.8, 4) is 10.6 Å². The van der Waals surface area contributed by atoms with Crippen LogP contribution in [-0.2, 0) is 0 Å². The number of nitrogens with one attached hydrogen (secondary N) is 1. The van der Waals surface area contributed by atoms with Crippen molar-refractivity contribution in [2.24, 2.45) is 0 Å². The number of nitrogens with zero attached hydrogens (tertiary/aromatic N) is 1. The highest BCUT2D eigenvalue weighted by Crippen LogP contribution is 2.27. The van der Waals surface area contributed by atoms with Crippen molar-refractivity contribution in [2.75, 3.05) is 0 Å². The summed E-state index contributed by atoms with van der Waals surface area (Å²) >= 11 is 10.7. The third kappa shape index (κ3) is 1.82. The van der Waals surface area contributed by atoms with Gasteiger partial charge in [-0.3, -0.25) is 5.10 Å². The Morgan fingerprint density at radius 1 is 1.38 bits per heavy atom. The zero-order valence-electron chi connectivity index (χ0n) is 6.52. The molecule has 0 fully saturated rings. The minimum atomic E-state index is 0.687. The van der Waals surface area contributed by atoms with E-state index >= 15 is 0 Å². The van der Waals surface area contributed by atoms with Gasteiger partial charge >= 0.3 is 0 Å². The van der Waals surface area contributed by atoms with Crippen LogP contribution in [0.2, 0.25) is 0 Å². The van der Waals surface area contributed by atoms with Crippen molar-refractivity contribution in [2.45, 2.75) is 4.90 Å². The van der Waals surface area contributed by atoms with E-state index in [1.54, 1.807) is 0 Å². The van der Waals surface area contributed by atoms with Crippen molar-refractivity contribution < 1.29 is 0 Å². The zero-order valence-corrected chi connectivity index (χ0v) is 9.05. The molecule has 2 aromatic rings. The molecule has 1 aromatic heterocycles. The summed E-state index contributed by atoms with van der Waals surface area (Å²) in [7, 11) is 0. The molecule has 0 radical (unpaired) electrons. The topological polar surface area (TPSA) is 28.7 Å². The highest BCUT2D eigenvalue weighted by molar-refractivity contribution is 7.80. The lowest BCUT2D eigenvalue weighted by molar-refractivity contribution is 1.08. The Bertz CT molecular complexity index is 472. The summed E-state index contributed by atoms with van der Waals surface area (Å²) in [6.45, 7) is 0. The average molecular weight is 226 g/mol. The van der Waals surface area contributed by atoms with E-state index in [9.17, 15) is 0 Å². The first-order chi connectivity index (χ1) is 6.27. The van der Waals surface area contributed by atoms with Crippen molar-refractivity contribution in [3.05, 3.63) is 28.2 Å². The lowest BCUT2D eigenvalue weighted by Gasteiger charge is -1.97. The molecule has 5 heteroatoms. The molecular formula is C8H6N2S3. The Balaban J connectivity index is 2.58. The van der Waals surface area contributed by atoms with Gasteiger partial charge in [-0.1, -0.05) is 29.5 Å². The van der Waals surface area contributed by atoms with Crippen LogP contribution in [0.1, 0.15) is 0 Å². The molecule has 1 N–H and O–H groups in total. The van der Waals surface area contributed by atoms with E-state index in [1.165, 1.54) is 11.3 Å². The normalized spacial score (nSPS) is 10.2. The van der Waals surface area contributed by atoms with Gasteiger partial charge in [0.15, 0.2) is 3.95 Å². The first-order valence-electron chi connectivity index (χ1n) is 3.61. The Kier molecular flexibility index (Phi) is 2.48. The molecule has 0 saturated carbocycles. The van der Waals surface area contributed by atoms with Gasteiger partial charge in [-0.25, -0.2) is 0 Å². The summed E-state index contributed by atoms with van der Waals surface area (Å²) in [5.74, 6) is 0. The monoisotopic (exact) mass is 226 g/mol. The standard InChI is InChI=1S/C8H6N2S3/c11-6-4-2-1-3-5(6)7-9-10-8(12)13-7/h1-4,11H,(H,10,12). The zero-order chi connectivity index (χ0) is 9.26. The van der Waals surface area contributed by atoms with Gasteiger partial charge in [-0.2, -0.15) is 5.10 Å². The molecule has 66 valence electrons. The molecule has 0 spiro atoms. The van der Waals surface area contributed by atoms with Gasteiger partial charge in [0.1, 0.15) is 5.01 Å². The van der Waals surface area contributed by atoms with Crippen LogP contribution in [0.4, 0.5) is 0 Å². The molecular weight excluding hydrogens is 220 g/mol. The van der Waals surface area contributed by atoms with Crippen LogP contribution >= 0.6 is 36.2 Å². The van der Waals surface area contributed by atoms with Crippen molar-refractivity contribution in [1.29, 1.82) is 0 Å². The van der Waals surface area contributed by atoms with Gasteiger partial charge in [0.05, 0.1) is 0 Å². The van der Waals surface area contributed by atoms with Crippen LogP contribution in [0.25, 0.3) is 10.6 Å². The van der Waals surface area contributed by atoms with Gasteiger partial charge in [-0.05, 0) is 18.3 Å². The second-order valence-electron chi connectivity index (χ2n) is 2.44. The number of aromatic nitrogens is 2. The number of H-pyrrole nitrogens is 1. The predicted octanol–water partition coefficient (Wildman–Crippen LogP) is 3.16. The lowest BCUT2D eigenvalue weighted by Crippen LogP contribution is -1.78. The van der Waals surface area contributed by atoms with Crippen molar-refractivity contribution >= 4 is 36.2 Å². The number of aromatic amines is 1. The molecule has 0 aliphatic carbocycles. The van der Waals surface area contributed by atoms with Gasteiger partial charge in [0, 0.05) is 10.5 Å². The predicted molar refractivity (Wildman–Crippen MR) is 60.0 cm³/mol. The second-order valence-corrected chi connectivity index (χ2v) is 4.58. The van der Waals surface area contributed by atoms with E-state index in [0.717, 1.165) is 15.5 Å². The largest absolute Gasteiger partial charge is 0.258 e. The molecule has 2 nitrogen and oxygen atoms in total. The van der Waals surface area contributed by atoms with Crippen LogP contribution in [0.5, 0.6) is 0 Å². The quantitative estimate of drug-likeness (QED) is 0.577. The highest BCUT2D eigenvalue weighted by atomic mass is 32.1. The molecule has 0 unspecified atom stereocenters. The Labute approximate surface area is 90.1 Å². The molecule has 0 amide bonds. The third-order valence-electron chi connectivity index (χ3n) is 1.57. The fourth-order valence-electron chi connectivity index (χ4n) is 1.000. The summed E-state index contributed by atoms with van der Waals surface area (Å²) in [6, 6.07) is 7.81. The van der Waals surface area contributed by atoms with Crippen LogP contribution in [0.3, 0.4) is 0 Å². The summed E-state index contributed by atoms with van der Waals surface area (Å²) in [6.07, 6.45) is 0. The second kappa shape index (κ2) is 3.61. The molecule has 0 aliphatic rings. The lowest BCUT2D eigenvalue weighted by atomic mass is 10.2. The number of benzene rings is 1. The van der Waals surface area contributed by atoms with Crippen molar-refractivity contribution in [3.63, 3.8) is 0 Å². The first-order valence-corrected chi connectivity index (χ1v) is 5.28. The molecule has 0 bridgehead atoms. The third-order valence-corrected chi connectivity index (χ3v) is 3.09. The van der Waals surface area contributed by atoms with E-state index < -0.39 is 0 Å². The fraction of sp³-hybridized carbons (Fsp3) is 0. The fourth-order valence-corrected chi connectivity index (χ4v) is 2.27. The SMILES string of the molecule is S=c1[nH]nc(-c2ccccc2S)s1. The van der Waals surface area contributed by atoms with Gasteiger partial charge in [0.25, 0.3) is 0 Å². The summed E-state index contributed by atoms with van der Waals surface area (Å²) in [5.41, 5.74) is 1.02. The molecule has 13 heavy (non-hydrogen) atoms. The minimum Gasteiger partial charge on any atom is -0.258 e. The molecule has 0 atom stereocenters. The summed E-state index contributed by atoms with van der Waals surface area (Å²) in [5, 5.41) is 7.72. The van der Waals surface area contributed by atoms with E-state index in [0.29, 0.717) is 3.95 Å². The van der Waals surface area contributed by atoms with Crippen LogP contribution in [-0.4, -0.2) is 10.2 Å². The van der Waals surface area contributed by atoms with Gasteiger partial charge in [0.2, 0.25) is 0 Å². The maximum absolute atomic E-state index is 4.95. The van der Waals surface area contributed by atoms with E-state index in [4.69, 9.17) is 12.2 Å². The van der Waals surface area contributed by atoms with E-state index in [2.05, 4.69) is 22.8 Å². The van der Waals surface area contributed by atoms with Gasteiger partial charge in [-0.15, -0.1) is 12.6 Å². The maximum atomic E-state index is 4.95. The molecule has 1 heterocycles.